The van der Waals surface area contributed by atoms with E-state index in [9.17, 15) is 4.79 Å². The van der Waals surface area contributed by atoms with Crippen LogP contribution < -0.4 is 10.6 Å². The van der Waals surface area contributed by atoms with Crippen molar-refractivity contribution in [3.05, 3.63) is 28.2 Å². The molecule has 19 heavy (non-hydrogen) atoms. The predicted octanol–water partition coefficient (Wildman–Crippen LogP) is 2.47. The van der Waals surface area contributed by atoms with Gasteiger partial charge in [-0.1, -0.05) is 23.2 Å². The summed E-state index contributed by atoms with van der Waals surface area (Å²) >= 11 is 11.7. The average molecular weight is 304 g/mol. The first-order valence-corrected chi connectivity index (χ1v) is 6.79. The van der Waals surface area contributed by atoms with Gasteiger partial charge in [0.05, 0.1) is 6.04 Å². The minimum atomic E-state index is -0.280. The minimum Gasteiger partial charge on any atom is -0.325 e. The molecule has 0 aliphatic carbocycles. The quantitative estimate of drug-likeness (QED) is 0.848. The normalized spacial score (nSPS) is 12.5. The van der Waals surface area contributed by atoms with Crippen LogP contribution in [-0.2, 0) is 4.79 Å². The van der Waals surface area contributed by atoms with E-state index < -0.39 is 0 Å². The molecule has 0 saturated carbocycles. The summed E-state index contributed by atoms with van der Waals surface area (Å²) in [5.41, 5.74) is 0.601. The Labute approximate surface area is 124 Å². The molecule has 0 spiro atoms. The SMILES string of the molecule is C[C@@H](NCCN(C)C)C(=O)Nc1cc(Cl)cc(Cl)c1. The van der Waals surface area contributed by atoms with E-state index in [-0.39, 0.29) is 11.9 Å². The monoisotopic (exact) mass is 303 g/mol. The highest BCUT2D eigenvalue weighted by atomic mass is 35.5. The molecule has 6 heteroatoms. The van der Waals surface area contributed by atoms with Gasteiger partial charge in [-0.15, -0.1) is 0 Å². The first kappa shape index (κ1) is 16.2. The Morgan fingerprint density at radius 1 is 1.26 bits per heavy atom. The van der Waals surface area contributed by atoms with Crippen LogP contribution in [0.15, 0.2) is 18.2 Å². The van der Waals surface area contributed by atoms with Gasteiger partial charge < -0.3 is 15.5 Å². The number of carbonyl (C=O) groups excluding carboxylic acids is 1. The van der Waals surface area contributed by atoms with Crippen LogP contribution in [0.4, 0.5) is 5.69 Å². The lowest BCUT2D eigenvalue weighted by atomic mass is 10.2. The molecule has 106 valence electrons. The molecule has 0 saturated heterocycles. The van der Waals surface area contributed by atoms with E-state index in [1.54, 1.807) is 18.2 Å². The molecule has 2 N–H and O–H groups in total. The number of benzene rings is 1. The van der Waals surface area contributed by atoms with Crippen molar-refractivity contribution >= 4 is 34.8 Å². The molecular formula is C13H19Cl2N3O. The van der Waals surface area contributed by atoms with E-state index in [2.05, 4.69) is 10.6 Å². The van der Waals surface area contributed by atoms with Crippen LogP contribution >= 0.6 is 23.2 Å². The van der Waals surface area contributed by atoms with Gasteiger partial charge in [0, 0.05) is 28.8 Å². The Kier molecular flexibility index (Phi) is 6.58. The van der Waals surface area contributed by atoms with Crippen molar-refractivity contribution < 1.29 is 4.79 Å². The summed E-state index contributed by atoms with van der Waals surface area (Å²) in [7, 11) is 3.97. The number of rotatable bonds is 6. The summed E-state index contributed by atoms with van der Waals surface area (Å²) in [5.74, 6) is -0.114. The zero-order chi connectivity index (χ0) is 14.4. The molecule has 1 amide bonds. The van der Waals surface area contributed by atoms with Crippen LogP contribution in [-0.4, -0.2) is 44.0 Å². The lowest BCUT2D eigenvalue weighted by Crippen LogP contribution is -2.41. The fraction of sp³-hybridized carbons (Fsp3) is 0.462. The Morgan fingerprint density at radius 3 is 2.37 bits per heavy atom. The first-order valence-electron chi connectivity index (χ1n) is 6.03. The molecule has 1 rings (SSSR count). The van der Waals surface area contributed by atoms with Crippen molar-refractivity contribution in [1.29, 1.82) is 0 Å². The smallest absolute Gasteiger partial charge is 0.241 e. The van der Waals surface area contributed by atoms with Gasteiger partial charge >= 0.3 is 0 Å². The number of hydrogen-bond acceptors (Lipinski definition) is 3. The molecule has 1 aromatic carbocycles. The van der Waals surface area contributed by atoms with Crippen LogP contribution in [0.3, 0.4) is 0 Å². The third-order valence-corrected chi connectivity index (χ3v) is 2.97. The molecule has 0 fully saturated rings. The number of nitrogens with one attached hydrogen (secondary N) is 2. The molecule has 0 radical (unpaired) electrons. The predicted molar refractivity (Wildman–Crippen MR) is 81.1 cm³/mol. The van der Waals surface area contributed by atoms with E-state index in [1.807, 2.05) is 25.9 Å². The lowest BCUT2D eigenvalue weighted by molar-refractivity contribution is -0.117. The van der Waals surface area contributed by atoms with Crippen molar-refractivity contribution in [3.8, 4) is 0 Å². The molecule has 0 bridgehead atoms. The van der Waals surface area contributed by atoms with Crippen LogP contribution in [0.1, 0.15) is 6.92 Å². The summed E-state index contributed by atoms with van der Waals surface area (Å²) in [6.07, 6.45) is 0. The van der Waals surface area contributed by atoms with Crippen molar-refractivity contribution in [1.82, 2.24) is 10.2 Å². The van der Waals surface area contributed by atoms with Gasteiger partial charge in [-0.25, -0.2) is 0 Å². The zero-order valence-corrected chi connectivity index (χ0v) is 12.8. The molecule has 0 unspecified atom stereocenters. The van der Waals surface area contributed by atoms with E-state index in [1.165, 1.54) is 0 Å². The van der Waals surface area contributed by atoms with Crippen LogP contribution in [0.2, 0.25) is 10.0 Å². The van der Waals surface area contributed by atoms with Crippen molar-refractivity contribution in [2.24, 2.45) is 0 Å². The van der Waals surface area contributed by atoms with Gasteiger partial charge in [-0.3, -0.25) is 4.79 Å². The molecule has 0 aliphatic heterocycles. The van der Waals surface area contributed by atoms with Gasteiger partial charge in [-0.2, -0.15) is 0 Å². The maximum absolute atomic E-state index is 11.9. The maximum atomic E-state index is 11.9. The maximum Gasteiger partial charge on any atom is 0.241 e. The second-order valence-corrected chi connectivity index (χ2v) is 5.50. The molecule has 1 atom stereocenters. The van der Waals surface area contributed by atoms with Gasteiger partial charge in [0.25, 0.3) is 0 Å². The summed E-state index contributed by atoms with van der Waals surface area (Å²) in [4.78, 5) is 14.0. The second-order valence-electron chi connectivity index (χ2n) is 4.63. The van der Waals surface area contributed by atoms with E-state index in [4.69, 9.17) is 23.2 Å². The Bertz CT molecular complexity index is 418. The van der Waals surface area contributed by atoms with Gasteiger partial charge in [0.2, 0.25) is 5.91 Å². The van der Waals surface area contributed by atoms with Gasteiger partial charge in [-0.05, 0) is 39.2 Å². The highest BCUT2D eigenvalue weighted by molar-refractivity contribution is 6.35. The molecule has 0 aromatic heterocycles. The third kappa shape index (κ3) is 6.25. The Morgan fingerprint density at radius 2 is 1.84 bits per heavy atom. The van der Waals surface area contributed by atoms with Crippen LogP contribution in [0.5, 0.6) is 0 Å². The number of halogens is 2. The highest BCUT2D eigenvalue weighted by Gasteiger charge is 2.12. The molecule has 0 aliphatic rings. The summed E-state index contributed by atoms with van der Waals surface area (Å²) in [5, 5.41) is 6.91. The summed E-state index contributed by atoms with van der Waals surface area (Å²) < 4.78 is 0. The largest absolute Gasteiger partial charge is 0.325 e. The minimum absolute atomic E-state index is 0.114. The summed E-state index contributed by atoms with van der Waals surface area (Å²) in [6, 6.07) is 4.67. The van der Waals surface area contributed by atoms with E-state index in [0.717, 1.165) is 13.1 Å². The molecule has 1 aromatic rings. The number of nitrogens with zero attached hydrogens (tertiary/aromatic N) is 1. The number of amides is 1. The summed E-state index contributed by atoms with van der Waals surface area (Å²) in [6.45, 7) is 3.44. The van der Waals surface area contributed by atoms with Gasteiger partial charge in [0.15, 0.2) is 0 Å². The standard InChI is InChI=1S/C13H19Cl2N3O/c1-9(16-4-5-18(2)3)13(19)17-12-7-10(14)6-11(15)8-12/h6-9,16H,4-5H2,1-3H3,(H,17,19)/t9-/m1/s1. The number of likely N-dealkylation sites (N-methyl/N-ethyl adjacent to an activating group) is 1. The first-order chi connectivity index (χ1) is 8.88. The number of hydrogen-bond donors (Lipinski definition) is 2. The Balaban J connectivity index is 2.49. The van der Waals surface area contributed by atoms with Crippen molar-refractivity contribution in [2.45, 2.75) is 13.0 Å². The molecule has 0 heterocycles. The van der Waals surface area contributed by atoms with Crippen LogP contribution in [0.25, 0.3) is 0 Å². The molecule has 4 nitrogen and oxygen atoms in total. The average Bonchev–Trinajstić information content (AvgIpc) is 2.26. The highest BCUT2D eigenvalue weighted by Crippen LogP contribution is 2.22. The fourth-order valence-electron chi connectivity index (χ4n) is 1.47. The topological polar surface area (TPSA) is 44.4 Å². The number of anilines is 1. The van der Waals surface area contributed by atoms with E-state index >= 15 is 0 Å². The van der Waals surface area contributed by atoms with E-state index in [0.29, 0.717) is 15.7 Å². The Hall–Kier alpha value is -0.810. The fourth-order valence-corrected chi connectivity index (χ4v) is 2.00. The van der Waals surface area contributed by atoms with Crippen molar-refractivity contribution in [2.75, 3.05) is 32.5 Å². The van der Waals surface area contributed by atoms with Crippen molar-refractivity contribution in [3.63, 3.8) is 0 Å². The third-order valence-electron chi connectivity index (χ3n) is 2.53. The zero-order valence-electron chi connectivity index (χ0n) is 11.3. The van der Waals surface area contributed by atoms with Gasteiger partial charge in [0.1, 0.15) is 0 Å². The van der Waals surface area contributed by atoms with Crippen LogP contribution in [0, 0.1) is 0 Å². The number of carbonyl (C=O) groups is 1. The second kappa shape index (κ2) is 7.70. The molecular weight excluding hydrogens is 285 g/mol. The lowest BCUT2D eigenvalue weighted by Gasteiger charge is -2.16.